The number of methoxy groups -OCH3 is 1. The summed E-state index contributed by atoms with van der Waals surface area (Å²) in [6.45, 7) is 4.03. The molecule has 0 amide bonds. The minimum Gasteiger partial charge on any atom is -0.496 e. The van der Waals surface area contributed by atoms with Crippen LogP contribution >= 0.6 is 15.9 Å². The molecule has 5 heteroatoms. The van der Waals surface area contributed by atoms with Crippen molar-refractivity contribution in [2.75, 3.05) is 12.8 Å². The highest BCUT2D eigenvalue weighted by molar-refractivity contribution is 9.10. The van der Waals surface area contributed by atoms with Gasteiger partial charge in [-0.2, -0.15) is 0 Å². The lowest BCUT2D eigenvalue weighted by Gasteiger charge is -2.09. The zero-order valence-electron chi connectivity index (χ0n) is 11.2. The van der Waals surface area contributed by atoms with Crippen LogP contribution in [0.2, 0.25) is 0 Å². The second-order valence-electron chi connectivity index (χ2n) is 4.23. The Morgan fingerprint density at radius 3 is 2.63 bits per heavy atom. The van der Waals surface area contributed by atoms with E-state index in [4.69, 9.17) is 10.5 Å². The van der Waals surface area contributed by atoms with Crippen molar-refractivity contribution >= 4 is 21.7 Å². The van der Waals surface area contributed by atoms with Crippen molar-refractivity contribution < 1.29 is 4.74 Å². The van der Waals surface area contributed by atoms with Crippen LogP contribution < -0.4 is 10.5 Å². The van der Waals surface area contributed by atoms with Gasteiger partial charge in [-0.3, -0.25) is 0 Å². The summed E-state index contributed by atoms with van der Waals surface area (Å²) < 4.78 is 6.03. The predicted molar refractivity (Wildman–Crippen MR) is 80.2 cm³/mol. The van der Waals surface area contributed by atoms with E-state index < -0.39 is 0 Å². The normalized spacial score (nSPS) is 10.5. The van der Waals surface area contributed by atoms with E-state index in [2.05, 4.69) is 25.9 Å². The van der Waals surface area contributed by atoms with Gasteiger partial charge in [0.15, 0.2) is 5.82 Å². The smallest absolute Gasteiger partial charge is 0.161 e. The molecule has 1 heterocycles. The van der Waals surface area contributed by atoms with E-state index in [0.717, 1.165) is 33.5 Å². The summed E-state index contributed by atoms with van der Waals surface area (Å²) in [5.74, 6) is 1.96. The number of benzene rings is 1. The van der Waals surface area contributed by atoms with Crippen LogP contribution in [0.25, 0.3) is 11.4 Å². The Bertz CT molecular complexity index is 614. The number of hydrogen-bond acceptors (Lipinski definition) is 4. The van der Waals surface area contributed by atoms with Gasteiger partial charge in [-0.1, -0.05) is 6.92 Å². The van der Waals surface area contributed by atoms with Gasteiger partial charge in [-0.25, -0.2) is 9.97 Å². The lowest BCUT2D eigenvalue weighted by molar-refractivity contribution is 0.412. The van der Waals surface area contributed by atoms with Crippen LogP contribution in [0.4, 0.5) is 5.82 Å². The molecule has 0 unspecified atom stereocenters. The van der Waals surface area contributed by atoms with E-state index in [9.17, 15) is 0 Å². The van der Waals surface area contributed by atoms with Crippen LogP contribution in [0.5, 0.6) is 5.75 Å². The second-order valence-corrected chi connectivity index (χ2v) is 5.02. The number of halogens is 1. The minimum atomic E-state index is 0.468. The fourth-order valence-electron chi connectivity index (χ4n) is 1.89. The molecule has 19 heavy (non-hydrogen) atoms. The van der Waals surface area contributed by atoms with Gasteiger partial charge in [-0.15, -0.1) is 0 Å². The molecular weight excluding hydrogens is 306 g/mol. The summed E-state index contributed by atoms with van der Waals surface area (Å²) >= 11 is 3.41. The molecule has 2 N–H and O–H groups in total. The molecule has 1 aromatic heterocycles. The summed E-state index contributed by atoms with van der Waals surface area (Å²) in [6.07, 6.45) is 0.801. The molecule has 1 aromatic carbocycles. The quantitative estimate of drug-likeness (QED) is 0.941. The van der Waals surface area contributed by atoms with E-state index in [1.165, 1.54) is 0 Å². The standard InChI is InChI=1S/C14H16BrN3O/c1-4-10-12(15)13(16)18-14(17-10)9-5-6-11(19-3)8(2)7-9/h5-7H,4H2,1-3H3,(H2,16,17,18). The number of hydrogen-bond donors (Lipinski definition) is 1. The number of nitrogens with zero attached hydrogens (tertiary/aromatic N) is 2. The van der Waals surface area contributed by atoms with Crippen LogP contribution in [0.3, 0.4) is 0 Å². The molecule has 4 nitrogen and oxygen atoms in total. The molecule has 0 aliphatic carbocycles. The molecular formula is C14H16BrN3O. The number of ether oxygens (including phenoxy) is 1. The van der Waals surface area contributed by atoms with Crippen LogP contribution in [0.15, 0.2) is 22.7 Å². The maximum absolute atomic E-state index is 5.91. The van der Waals surface area contributed by atoms with Crippen molar-refractivity contribution in [2.45, 2.75) is 20.3 Å². The van der Waals surface area contributed by atoms with Crippen LogP contribution in [0.1, 0.15) is 18.2 Å². The second kappa shape index (κ2) is 5.57. The molecule has 0 spiro atoms. The third-order valence-corrected chi connectivity index (χ3v) is 3.80. The molecule has 0 saturated heterocycles. The lowest BCUT2D eigenvalue weighted by atomic mass is 10.1. The van der Waals surface area contributed by atoms with Crippen LogP contribution in [-0.2, 0) is 6.42 Å². The van der Waals surface area contributed by atoms with Gasteiger partial charge in [0.1, 0.15) is 11.6 Å². The van der Waals surface area contributed by atoms with Gasteiger partial charge in [0.25, 0.3) is 0 Å². The number of nitrogens with two attached hydrogens (primary N) is 1. The van der Waals surface area contributed by atoms with Gasteiger partial charge in [-0.05, 0) is 53.0 Å². The first-order valence-electron chi connectivity index (χ1n) is 6.03. The SMILES string of the molecule is CCc1nc(-c2ccc(OC)c(C)c2)nc(N)c1Br. The van der Waals surface area contributed by atoms with Gasteiger partial charge in [0.05, 0.1) is 17.3 Å². The monoisotopic (exact) mass is 321 g/mol. The maximum atomic E-state index is 5.91. The van der Waals surface area contributed by atoms with Crippen molar-refractivity contribution in [3.8, 4) is 17.1 Å². The molecule has 2 aromatic rings. The summed E-state index contributed by atoms with van der Waals surface area (Å²) in [4.78, 5) is 8.87. The van der Waals surface area contributed by atoms with Crippen molar-refractivity contribution in [3.05, 3.63) is 33.9 Å². The number of aryl methyl sites for hydroxylation is 2. The summed E-state index contributed by atoms with van der Waals surface area (Å²) in [6, 6.07) is 5.85. The summed E-state index contributed by atoms with van der Waals surface area (Å²) in [5.41, 5.74) is 8.80. The minimum absolute atomic E-state index is 0.468. The Balaban J connectivity index is 2.53. The Kier molecular flexibility index (Phi) is 4.04. The highest BCUT2D eigenvalue weighted by Crippen LogP contribution is 2.28. The highest BCUT2D eigenvalue weighted by atomic mass is 79.9. The first kappa shape index (κ1) is 13.8. The molecule has 2 rings (SSSR count). The Hall–Kier alpha value is -1.62. The predicted octanol–water partition coefficient (Wildman–Crippen LogP) is 3.37. The van der Waals surface area contributed by atoms with Gasteiger partial charge >= 0.3 is 0 Å². The third-order valence-electron chi connectivity index (χ3n) is 2.93. The lowest BCUT2D eigenvalue weighted by Crippen LogP contribution is -2.02. The van der Waals surface area contributed by atoms with Crippen molar-refractivity contribution in [1.82, 2.24) is 9.97 Å². The van der Waals surface area contributed by atoms with Crippen LogP contribution in [0, 0.1) is 6.92 Å². The largest absolute Gasteiger partial charge is 0.496 e. The number of nitrogen functional groups attached to an aromatic ring is 1. The summed E-state index contributed by atoms with van der Waals surface area (Å²) in [7, 11) is 1.66. The van der Waals surface area contributed by atoms with Gasteiger partial charge in [0.2, 0.25) is 0 Å². The maximum Gasteiger partial charge on any atom is 0.161 e. The Morgan fingerprint density at radius 2 is 2.05 bits per heavy atom. The average molecular weight is 322 g/mol. The molecule has 100 valence electrons. The zero-order valence-corrected chi connectivity index (χ0v) is 12.8. The van der Waals surface area contributed by atoms with Crippen molar-refractivity contribution in [3.63, 3.8) is 0 Å². The Labute approximate surface area is 121 Å². The third kappa shape index (κ3) is 2.71. The number of aromatic nitrogens is 2. The average Bonchev–Trinajstić information content (AvgIpc) is 2.41. The molecule has 0 radical (unpaired) electrons. The molecule has 0 aliphatic rings. The number of rotatable bonds is 3. The highest BCUT2D eigenvalue weighted by Gasteiger charge is 2.11. The van der Waals surface area contributed by atoms with Crippen molar-refractivity contribution in [1.29, 1.82) is 0 Å². The summed E-state index contributed by atoms with van der Waals surface area (Å²) in [5, 5.41) is 0. The fourth-order valence-corrected chi connectivity index (χ4v) is 2.35. The van der Waals surface area contributed by atoms with Gasteiger partial charge in [0, 0.05) is 5.56 Å². The van der Waals surface area contributed by atoms with E-state index >= 15 is 0 Å². The van der Waals surface area contributed by atoms with Crippen molar-refractivity contribution in [2.24, 2.45) is 0 Å². The van der Waals surface area contributed by atoms with E-state index in [-0.39, 0.29) is 0 Å². The first-order valence-corrected chi connectivity index (χ1v) is 6.83. The van der Waals surface area contributed by atoms with E-state index in [1.54, 1.807) is 7.11 Å². The zero-order chi connectivity index (χ0) is 14.0. The van der Waals surface area contributed by atoms with Crippen LogP contribution in [-0.4, -0.2) is 17.1 Å². The molecule has 0 atom stereocenters. The Morgan fingerprint density at radius 1 is 1.32 bits per heavy atom. The molecule has 0 aliphatic heterocycles. The molecule has 0 bridgehead atoms. The molecule has 0 fully saturated rings. The number of anilines is 1. The molecule has 0 saturated carbocycles. The fraction of sp³-hybridized carbons (Fsp3) is 0.286. The van der Waals surface area contributed by atoms with Gasteiger partial charge < -0.3 is 10.5 Å². The topological polar surface area (TPSA) is 61.0 Å². The first-order chi connectivity index (χ1) is 9.06. The van der Waals surface area contributed by atoms with E-state index in [0.29, 0.717) is 11.6 Å². The van der Waals surface area contributed by atoms with E-state index in [1.807, 2.05) is 32.0 Å².